The van der Waals surface area contributed by atoms with E-state index in [1.54, 1.807) is 20.0 Å². The molecule has 0 atom stereocenters. The van der Waals surface area contributed by atoms with E-state index in [1.165, 1.54) is 23.9 Å². The lowest BCUT2D eigenvalue weighted by molar-refractivity contribution is -0.116. The Kier molecular flexibility index (Phi) is 6.63. The number of likely N-dealkylation sites (N-methyl/N-ethyl adjacent to an activating group) is 1. The average molecular weight is 407 g/mol. The maximum absolute atomic E-state index is 12.8. The summed E-state index contributed by atoms with van der Waals surface area (Å²) in [6.07, 6.45) is 1.32. The lowest BCUT2D eigenvalue weighted by atomic mass is 10.1. The molecular formula is C19H25N3O5S. The first-order chi connectivity index (χ1) is 13.1. The summed E-state index contributed by atoms with van der Waals surface area (Å²) in [5.74, 6) is -1.07. The molecule has 0 fully saturated rings. The minimum absolute atomic E-state index is 0.0833. The molecule has 2 rings (SSSR count). The first-order valence-corrected chi connectivity index (χ1v) is 10.2. The molecule has 0 saturated carbocycles. The summed E-state index contributed by atoms with van der Waals surface area (Å²) in [7, 11) is -1.08. The quantitative estimate of drug-likeness (QED) is 0.709. The van der Waals surface area contributed by atoms with Gasteiger partial charge in [-0.1, -0.05) is 12.1 Å². The van der Waals surface area contributed by atoms with Crippen LogP contribution < -0.4 is 5.32 Å². The van der Waals surface area contributed by atoms with E-state index in [0.29, 0.717) is 5.69 Å². The van der Waals surface area contributed by atoms with Gasteiger partial charge in [-0.15, -0.1) is 0 Å². The Labute approximate surface area is 165 Å². The van der Waals surface area contributed by atoms with Crippen LogP contribution in [0.4, 0.5) is 5.69 Å². The van der Waals surface area contributed by atoms with E-state index in [2.05, 4.69) is 5.32 Å². The monoisotopic (exact) mass is 407 g/mol. The predicted octanol–water partition coefficient (Wildman–Crippen LogP) is 2.08. The Morgan fingerprint density at radius 3 is 2.57 bits per heavy atom. The van der Waals surface area contributed by atoms with E-state index in [0.717, 1.165) is 15.4 Å². The predicted molar refractivity (Wildman–Crippen MR) is 106 cm³/mol. The Bertz CT molecular complexity index is 995. The van der Waals surface area contributed by atoms with Crippen LogP contribution in [-0.2, 0) is 26.6 Å². The maximum atomic E-state index is 12.8. The van der Waals surface area contributed by atoms with Gasteiger partial charge in [-0.05, 0) is 44.0 Å². The number of carbonyl (C=O) groups is 2. The molecule has 1 aromatic carbocycles. The van der Waals surface area contributed by atoms with E-state index >= 15 is 0 Å². The summed E-state index contributed by atoms with van der Waals surface area (Å²) < 4.78 is 32.8. The van der Waals surface area contributed by atoms with Crippen molar-refractivity contribution in [1.29, 1.82) is 0 Å². The molecule has 0 saturated heterocycles. The zero-order valence-electron chi connectivity index (χ0n) is 16.6. The molecule has 1 amide bonds. The van der Waals surface area contributed by atoms with Crippen molar-refractivity contribution in [1.82, 2.24) is 8.87 Å². The van der Waals surface area contributed by atoms with Gasteiger partial charge in [0.25, 0.3) is 0 Å². The van der Waals surface area contributed by atoms with Crippen LogP contribution in [0.15, 0.2) is 35.4 Å². The van der Waals surface area contributed by atoms with E-state index < -0.39 is 21.9 Å². The SMILES string of the molecule is CCOC(=O)c1cc(S(=O)(=O)N(C)CC(=O)Nc2cccc(C)c2C)cn1C. The number of aryl methyl sites for hydroxylation is 2. The zero-order chi connectivity index (χ0) is 21.1. The summed E-state index contributed by atoms with van der Waals surface area (Å²) in [6.45, 7) is 5.30. The van der Waals surface area contributed by atoms with Crippen LogP contribution in [0.25, 0.3) is 0 Å². The van der Waals surface area contributed by atoms with Crippen LogP contribution >= 0.6 is 0 Å². The highest BCUT2D eigenvalue weighted by Gasteiger charge is 2.26. The van der Waals surface area contributed by atoms with Gasteiger partial charge in [0.2, 0.25) is 15.9 Å². The molecule has 1 heterocycles. The summed E-state index contributed by atoms with van der Waals surface area (Å²) in [6, 6.07) is 6.75. The molecule has 1 N–H and O–H groups in total. The largest absolute Gasteiger partial charge is 0.461 e. The molecule has 9 heteroatoms. The number of aromatic nitrogens is 1. The Balaban J connectivity index is 2.15. The molecule has 0 bridgehead atoms. The zero-order valence-corrected chi connectivity index (χ0v) is 17.5. The van der Waals surface area contributed by atoms with Gasteiger partial charge in [0.1, 0.15) is 10.6 Å². The van der Waals surface area contributed by atoms with Crippen molar-refractivity contribution in [2.75, 3.05) is 25.5 Å². The number of hydrogen-bond acceptors (Lipinski definition) is 5. The second-order valence-corrected chi connectivity index (χ2v) is 8.49. The highest BCUT2D eigenvalue weighted by Crippen LogP contribution is 2.20. The second kappa shape index (κ2) is 8.57. The van der Waals surface area contributed by atoms with Gasteiger partial charge in [0, 0.05) is 26.0 Å². The Morgan fingerprint density at radius 2 is 1.93 bits per heavy atom. The Hall–Kier alpha value is -2.65. The molecule has 1 aromatic heterocycles. The molecule has 2 aromatic rings. The second-order valence-electron chi connectivity index (χ2n) is 6.45. The number of anilines is 1. The van der Waals surface area contributed by atoms with Crippen LogP contribution in [-0.4, -0.2) is 49.4 Å². The number of amides is 1. The molecule has 0 unspecified atom stereocenters. The van der Waals surface area contributed by atoms with Gasteiger partial charge in [0.05, 0.1) is 13.2 Å². The first kappa shape index (κ1) is 21.6. The standard InChI is InChI=1S/C19H25N3O5S/c1-6-27-19(24)17-10-15(11-21(17)4)28(25,26)22(5)12-18(23)20-16-9-7-8-13(2)14(16)3/h7-11H,6,12H2,1-5H3,(H,20,23). The number of carbonyl (C=O) groups excluding carboxylic acids is 2. The van der Waals surface area contributed by atoms with E-state index in [1.807, 2.05) is 26.0 Å². The molecule has 0 aliphatic heterocycles. The molecular weight excluding hydrogens is 382 g/mol. The van der Waals surface area contributed by atoms with Gasteiger partial charge in [0.15, 0.2) is 0 Å². The molecule has 0 aliphatic rings. The first-order valence-electron chi connectivity index (χ1n) is 8.73. The molecule has 0 aliphatic carbocycles. The number of ether oxygens (including phenoxy) is 1. The van der Waals surface area contributed by atoms with Crippen LogP contribution in [0.1, 0.15) is 28.5 Å². The van der Waals surface area contributed by atoms with Crippen molar-refractivity contribution in [3.63, 3.8) is 0 Å². The lowest BCUT2D eigenvalue weighted by Crippen LogP contribution is -2.35. The fourth-order valence-corrected chi connectivity index (χ4v) is 3.83. The third kappa shape index (κ3) is 4.60. The van der Waals surface area contributed by atoms with Crippen molar-refractivity contribution < 1.29 is 22.7 Å². The van der Waals surface area contributed by atoms with Gasteiger partial charge in [-0.3, -0.25) is 4.79 Å². The van der Waals surface area contributed by atoms with Crippen molar-refractivity contribution >= 4 is 27.6 Å². The molecule has 8 nitrogen and oxygen atoms in total. The molecule has 0 spiro atoms. The minimum atomic E-state index is -3.95. The summed E-state index contributed by atoms with van der Waals surface area (Å²) >= 11 is 0. The van der Waals surface area contributed by atoms with E-state index in [-0.39, 0.29) is 23.7 Å². The maximum Gasteiger partial charge on any atom is 0.354 e. The number of nitrogens with zero attached hydrogens (tertiary/aromatic N) is 2. The molecule has 0 radical (unpaired) electrons. The van der Waals surface area contributed by atoms with Crippen molar-refractivity contribution in [3.8, 4) is 0 Å². The third-order valence-corrected chi connectivity index (χ3v) is 6.19. The smallest absolute Gasteiger partial charge is 0.354 e. The van der Waals surface area contributed by atoms with Gasteiger partial charge in [-0.2, -0.15) is 4.31 Å². The van der Waals surface area contributed by atoms with Gasteiger partial charge >= 0.3 is 5.97 Å². The van der Waals surface area contributed by atoms with Crippen LogP contribution in [0.5, 0.6) is 0 Å². The normalized spacial score (nSPS) is 11.5. The number of hydrogen-bond donors (Lipinski definition) is 1. The highest BCUT2D eigenvalue weighted by atomic mass is 32.2. The van der Waals surface area contributed by atoms with Crippen molar-refractivity contribution in [2.24, 2.45) is 7.05 Å². The third-order valence-electron chi connectivity index (χ3n) is 4.42. The van der Waals surface area contributed by atoms with E-state index in [9.17, 15) is 18.0 Å². The molecule has 28 heavy (non-hydrogen) atoms. The highest BCUT2D eigenvalue weighted by molar-refractivity contribution is 7.89. The summed E-state index contributed by atoms with van der Waals surface area (Å²) in [5.41, 5.74) is 2.70. The van der Waals surface area contributed by atoms with E-state index in [4.69, 9.17) is 4.74 Å². The van der Waals surface area contributed by atoms with Crippen molar-refractivity contribution in [3.05, 3.63) is 47.3 Å². The Morgan fingerprint density at radius 1 is 1.25 bits per heavy atom. The minimum Gasteiger partial charge on any atom is -0.461 e. The van der Waals surface area contributed by atoms with Gasteiger partial charge < -0.3 is 14.6 Å². The summed E-state index contributed by atoms with van der Waals surface area (Å²) in [4.78, 5) is 24.2. The van der Waals surface area contributed by atoms with Gasteiger partial charge in [-0.25, -0.2) is 13.2 Å². The van der Waals surface area contributed by atoms with Crippen LogP contribution in [0, 0.1) is 13.8 Å². The number of esters is 1. The van der Waals surface area contributed by atoms with Crippen molar-refractivity contribution in [2.45, 2.75) is 25.7 Å². The topological polar surface area (TPSA) is 97.7 Å². The number of nitrogens with one attached hydrogen (secondary N) is 1. The fraction of sp³-hybridized carbons (Fsp3) is 0.368. The average Bonchev–Trinajstić information content (AvgIpc) is 3.01. The van der Waals surface area contributed by atoms with Crippen LogP contribution in [0.2, 0.25) is 0 Å². The number of rotatable bonds is 7. The lowest BCUT2D eigenvalue weighted by Gasteiger charge is -2.17. The number of sulfonamides is 1. The fourth-order valence-electron chi connectivity index (χ4n) is 2.63. The summed E-state index contributed by atoms with van der Waals surface area (Å²) in [5, 5.41) is 2.73. The molecule has 152 valence electrons. The number of benzene rings is 1. The van der Waals surface area contributed by atoms with Crippen LogP contribution in [0.3, 0.4) is 0 Å².